The summed E-state index contributed by atoms with van der Waals surface area (Å²) in [5.74, 6) is 1.01. The zero-order chi connectivity index (χ0) is 25.7. The molecule has 186 valence electrons. The second kappa shape index (κ2) is 11.5. The second-order valence-electron chi connectivity index (χ2n) is 8.67. The lowest BCUT2D eigenvalue weighted by Crippen LogP contribution is -2.36. The van der Waals surface area contributed by atoms with Crippen molar-refractivity contribution in [1.82, 2.24) is 4.90 Å². The normalized spacial score (nSPS) is 15.5. The van der Waals surface area contributed by atoms with E-state index < -0.39 is 0 Å². The Morgan fingerprint density at radius 1 is 1.03 bits per heavy atom. The largest absolute Gasteiger partial charge is 0.490 e. The Kier molecular flexibility index (Phi) is 8.16. The van der Waals surface area contributed by atoms with Crippen LogP contribution < -0.4 is 9.47 Å². The minimum absolute atomic E-state index is 0.136. The number of amides is 2. The summed E-state index contributed by atoms with van der Waals surface area (Å²) in [6.45, 7) is 10.5. The number of fused-ring (bicyclic) bond motifs is 1. The van der Waals surface area contributed by atoms with Crippen LogP contribution in [0.4, 0.5) is 4.79 Å². The van der Waals surface area contributed by atoms with Gasteiger partial charge in [-0.25, -0.2) is 0 Å². The van der Waals surface area contributed by atoms with Gasteiger partial charge in [0.2, 0.25) is 0 Å². The van der Waals surface area contributed by atoms with Crippen molar-refractivity contribution in [1.29, 1.82) is 0 Å². The molecule has 2 amide bonds. The first-order chi connectivity index (χ1) is 17.5. The van der Waals surface area contributed by atoms with Gasteiger partial charge in [-0.15, -0.1) is 6.58 Å². The topological polar surface area (TPSA) is 55.8 Å². The third-order valence-corrected chi connectivity index (χ3v) is 7.11. The van der Waals surface area contributed by atoms with Crippen LogP contribution in [0.25, 0.3) is 16.8 Å². The van der Waals surface area contributed by atoms with Crippen molar-refractivity contribution in [2.45, 2.75) is 46.3 Å². The fourth-order valence-electron chi connectivity index (χ4n) is 4.26. The fraction of sp³-hybridized carbons (Fsp3) is 0.267. The molecule has 0 aromatic heterocycles. The number of allylic oxidation sites excluding steroid dienone is 1. The summed E-state index contributed by atoms with van der Waals surface area (Å²) < 4.78 is 12.3. The lowest BCUT2D eigenvalue weighted by Gasteiger charge is -2.19. The van der Waals surface area contributed by atoms with Gasteiger partial charge in [0.1, 0.15) is 6.61 Å². The molecular weight excluding hydrogens is 470 g/mol. The number of carbonyl (C=O) groups is 2. The van der Waals surface area contributed by atoms with Gasteiger partial charge >= 0.3 is 0 Å². The van der Waals surface area contributed by atoms with E-state index in [4.69, 9.17) is 9.47 Å². The molecule has 3 aromatic rings. The Balaban J connectivity index is 1.68. The van der Waals surface area contributed by atoms with E-state index in [-0.39, 0.29) is 17.2 Å². The molecule has 1 fully saturated rings. The average Bonchev–Trinajstić information content (AvgIpc) is 3.15. The Morgan fingerprint density at radius 3 is 2.56 bits per heavy atom. The molecule has 1 saturated heterocycles. The van der Waals surface area contributed by atoms with Gasteiger partial charge in [0.15, 0.2) is 11.5 Å². The van der Waals surface area contributed by atoms with Crippen molar-refractivity contribution < 1.29 is 19.1 Å². The lowest BCUT2D eigenvalue weighted by atomic mass is 10.0. The highest BCUT2D eigenvalue weighted by molar-refractivity contribution is 8.18. The van der Waals surface area contributed by atoms with Crippen LogP contribution in [0.15, 0.2) is 72.2 Å². The van der Waals surface area contributed by atoms with Crippen molar-refractivity contribution in [3.8, 4) is 11.5 Å². The number of imide groups is 1. The van der Waals surface area contributed by atoms with E-state index in [1.54, 1.807) is 6.08 Å². The Hall–Kier alpha value is -3.51. The molecule has 0 saturated carbocycles. The van der Waals surface area contributed by atoms with Crippen LogP contribution >= 0.6 is 11.8 Å². The third-order valence-electron chi connectivity index (χ3n) is 6.22. The van der Waals surface area contributed by atoms with Crippen LogP contribution in [0.3, 0.4) is 0 Å². The molecular formula is C30H31NO4S. The molecule has 0 aliphatic carbocycles. The molecule has 1 heterocycles. The summed E-state index contributed by atoms with van der Waals surface area (Å²) in [7, 11) is 0. The summed E-state index contributed by atoms with van der Waals surface area (Å²) in [6.07, 6.45) is 4.86. The molecule has 5 nitrogen and oxygen atoms in total. The van der Waals surface area contributed by atoms with Crippen LogP contribution in [0.5, 0.6) is 11.5 Å². The molecule has 4 rings (SSSR count). The maximum Gasteiger partial charge on any atom is 0.293 e. The van der Waals surface area contributed by atoms with Crippen LogP contribution in [0.2, 0.25) is 0 Å². The molecule has 0 N–H and O–H groups in total. The molecule has 0 spiro atoms. The van der Waals surface area contributed by atoms with Crippen molar-refractivity contribution in [3.05, 3.63) is 88.8 Å². The Labute approximate surface area is 216 Å². The van der Waals surface area contributed by atoms with Gasteiger partial charge in [-0.1, -0.05) is 55.5 Å². The number of hydrogen-bond acceptors (Lipinski definition) is 5. The van der Waals surface area contributed by atoms with Gasteiger partial charge < -0.3 is 9.47 Å². The molecule has 0 radical (unpaired) electrons. The molecule has 36 heavy (non-hydrogen) atoms. The first kappa shape index (κ1) is 25.6. The van der Waals surface area contributed by atoms with E-state index >= 15 is 0 Å². The van der Waals surface area contributed by atoms with Gasteiger partial charge in [0, 0.05) is 11.6 Å². The van der Waals surface area contributed by atoms with Crippen molar-refractivity contribution in [2.75, 3.05) is 6.61 Å². The van der Waals surface area contributed by atoms with Crippen LogP contribution in [0.1, 0.15) is 43.9 Å². The van der Waals surface area contributed by atoms with Gasteiger partial charge in [-0.2, -0.15) is 0 Å². The fourth-order valence-corrected chi connectivity index (χ4v) is 5.19. The summed E-state index contributed by atoms with van der Waals surface area (Å²) in [6, 6.07) is 18.1. The maximum atomic E-state index is 12.9. The molecule has 0 bridgehead atoms. The number of carbonyl (C=O) groups excluding carboxylic acids is 2. The summed E-state index contributed by atoms with van der Waals surface area (Å²) >= 11 is 0.978. The minimum Gasteiger partial charge on any atom is -0.490 e. The molecule has 6 heteroatoms. The predicted octanol–water partition coefficient (Wildman–Crippen LogP) is 7.38. The summed E-state index contributed by atoms with van der Waals surface area (Å²) in [5, 5.41) is 2.08. The first-order valence-corrected chi connectivity index (χ1v) is 13.1. The third kappa shape index (κ3) is 5.34. The summed E-state index contributed by atoms with van der Waals surface area (Å²) in [4.78, 5) is 27.1. The monoisotopic (exact) mass is 501 g/mol. The van der Waals surface area contributed by atoms with Crippen LogP contribution in [-0.2, 0) is 17.8 Å². The van der Waals surface area contributed by atoms with E-state index in [9.17, 15) is 9.59 Å². The molecule has 1 aliphatic heterocycles. The van der Waals surface area contributed by atoms with Gasteiger partial charge in [-0.05, 0) is 78.6 Å². The smallest absolute Gasteiger partial charge is 0.293 e. The Morgan fingerprint density at radius 2 is 1.81 bits per heavy atom. The van der Waals surface area contributed by atoms with Gasteiger partial charge in [0.25, 0.3) is 11.1 Å². The van der Waals surface area contributed by atoms with Crippen molar-refractivity contribution in [3.63, 3.8) is 0 Å². The number of nitrogens with zero attached hydrogens (tertiary/aromatic N) is 1. The molecule has 1 atom stereocenters. The maximum absolute atomic E-state index is 12.9. The SMILES string of the molecule is C=CCc1cc(/C=C2/SC(=O)N([C@@H](C)CC)C2=O)cc(OCC)c1OCc1cccc2ccccc12. The number of hydrogen-bond donors (Lipinski definition) is 0. The quantitative estimate of drug-likeness (QED) is 0.214. The number of ether oxygens (including phenoxy) is 2. The van der Waals surface area contributed by atoms with Gasteiger partial charge in [-0.3, -0.25) is 14.5 Å². The standard InChI is InChI=1S/C30H31NO4S/c1-5-11-23-16-21(18-27-29(32)31(20(4)6-2)30(33)36-27)17-26(34-7-3)28(23)35-19-24-14-10-13-22-12-8-9-15-25(22)24/h5,8-10,12-18,20H,1,6-7,11,19H2,2-4H3/b27-18+/t20-/m0/s1. The van der Waals surface area contributed by atoms with Crippen LogP contribution in [0, 0.1) is 0 Å². The lowest BCUT2D eigenvalue weighted by molar-refractivity contribution is -0.124. The molecule has 0 unspecified atom stereocenters. The molecule has 3 aromatic carbocycles. The summed E-state index contributed by atoms with van der Waals surface area (Å²) in [5.41, 5.74) is 2.77. The zero-order valence-electron chi connectivity index (χ0n) is 21.0. The van der Waals surface area contributed by atoms with E-state index in [0.717, 1.165) is 39.2 Å². The van der Waals surface area contributed by atoms with Crippen molar-refractivity contribution in [2.24, 2.45) is 0 Å². The number of rotatable bonds is 10. The highest BCUT2D eigenvalue weighted by Gasteiger charge is 2.37. The van der Waals surface area contributed by atoms with E-state index in [1.807, 2.05) is 57.2 Å². The van der Waals surface area contributed by atoms with Gasteiger partial charge in [0.05, 0.1) is 11.5 Å². The highest BCUT2D eigenvalue weighted by atomic mass is 32.2. The van der Waals surface area contributed by atoms with Crippen molar-refractivity contribution >= 4 is 39.8 Å². The minimum atomic E-state index is -0.251. The van der Waals surface area contributed by atoms with Crippen LogP contribution in [-0.4, -0.2) is 28.7 Å². The van der Waals surface area contributed by atoms with E-state index in [2.05, 4.69) is 30.8 Å². The average molecular weight is 502 g/mol. The van der Waals surface area contributed by atoms with E-state index in [1.165, 1.54) is 4.90 Å². The predicted molar refractivity (Wildman–Crippen MR) is 147 cm³/mol. The highest BCUT2D eigenvalue weighted by Crippen LogP contribution is 2.38. The first-order valence-electron chi connectivity index (χ1n) is 12.2. The zero-order valence-corrected chi connectivity index (χ0v) is 21.8. The van der Waals surface area contributed by atoms with E-state index in [0.29, 0.717) is 42.5 Å². The number of thioether (sulfide) groups is 1. The second-order valence-corrected chi connectivity index (χ2v) is 9.66. The Bertz CT molecular complexity index is 1320. The number of benzene rings is 3. The molecule has 1 aliphatic rings.